The number of piperidine rings is 1. The molecule has 0 saturated carbocycles. The van der Waals surface area contributed by atoms with Gasteiger partial charge in [-0.25, -0.2) is 0 Å². The number of hydrogen-bond acceptors (Lipinski definition) is 3. The third-order valence-electron chi connectivity index (χ3n) is 4.81. The highest BCUT2D eigenvalue weighted by atomic mass is 35.5. The van der Waals surface area contributed by atoms with E-state index in [0.717, 1.165) is 57.5 Å². The van der Waals surface area contributed by atoms with Gasteiger partial charge in [0, 0.05) is 36.3 Å². The van der Waals surface area contributed by atoms with Crippen LogP contribution in [0.25, 0.3) is 0 Å². The van der Waals surface area contributed by atoms with Crippen LogP contribution in [0.4, 0.5) is 0 Å². The molecule has 0 radical (unpaired) electrons. The molecule has 0 aromatic heterocycles. The monoisotopic (exact) mass is 370 g/mol. The number of amides is 1. The fourth-order valence-corrected chi connectivity index (χ4v) is 3.94. The minimum absolute atomic E-state index is 0.0474. The van der Waals surface area contributed by atoms with Crippen LogP contribution in [-0.2, 0) is 16.1 Å². The van der Waals surface area contributed by atoms with Gasteiger partial charge in [0.2, 0.25) is 5.91 Å². The second-order valence-corrected chi connectivity index (χ2v) is 7.53. The van der Waals surface area contributed by atoms with Crippen molar-refractivity contribution in [3.05, 3.63) is 33.8 Å². The summed E-state index contributed by atoms with van der Waals surface area (Å²) >= 11 is 12.2. The van der Waals surface area contributed by atoms with Crippen molar-refractivity contribution in [1.82, 2.24) is 10.2 Å². The third-order valence-corrected chi connectivity index (χ3v) is 5.40. The summed E-state index contributed by atoms with van der Waals surface area (Å²) in [6.45, 7) is 3.98. The van der Waals surface area contributed by atoms with Gasteiger partial charge in [-0.3, -0.25) is 9.69 Å². The maximum atomic E-state index is 12.4. The second-order valence-electron chi connectivity index (χ2n) is 6.69. The molecule has 132 valence electrons. The minimum Gasteiger partial charge on any atom is -0.376 e. The average molecular weight is 371 g/mol. The topological polar surface area (TPSA) is 41.6 Å². The van der Waals surface area contributed by atoms with Crippen molar-refractivity contribution < 1.29 is 9.53 Å². The van der Waals surface area contributed by atoms with E-state index >= 15 is 0 Å². The molecule has 1 aromatic carbocycles. The van der Waals surface area contributed by atoms with Crippen molar-refractivity contribution in [2.75, 3.05) is 26.2 Å². The predicted molar refractivity (Wildman–Crippen MR) is 96.4 cm³/mol. The van der Waals surface area contributed by atoms with Crippen LogP contribution in [-0.4, -0.2) is 43.2 Å². The molecular formula is C18H24Cl2N2O2. The van der Waals surface area contributed by atoms with Crippen LogP contribution < -0.4 is 5.32 Å². The van der Waals surface area contributed by atoms with E-state index in [1.165, 1.54) is 0 Å². The third kappa shape index (κ3) is 4.85. The Labute approximate surface area is 153 Å². The van der Waals surface area contributed by atoms with Crippen molar-refractivity contribution in [2.24, 2.45) is 5.92 Å². The highest BCUT2D eigenvalue weighted by molar-refractivity contribution is 6.35. The van der Waals surface area contributed by atoms with Crippen molar-refractivity contribution in [3.8, 4) is 0 Å². The smallest absolute Gasteiger partial charge is 0.224 e. The van der Waals surface area contributed by atoms with Gasteiger partial charge in [0.15, 0.2) is 0 Å². The van der Waals surface area contributed by atoms with Gasteiger partial charge in [0.25, 0.3) is 0 Å². The van der Waals surface area contributed by atoms with Crippen LogP contribution in [0.5, 0.6) is 0 Å². The van der Waals surface area contributed by atoms with E-state index in [-0.39, 0.29) is 17.9 Å². The number of hydrogen-bond donors (Lipinski definition) is 1. The Hall–Kier alpha value is -0.810. The maximum absolute atomic E-state index is 12.4. The molecule has 2 atom stereocenters. The van der Waals surface area contributed by atoms with E-state index in [9.17, 15) is 4.79 Å². The number of carbonyl (C=O) groups excluding carboxylic acids is 1. The number of nitrogens with zero attached hydrogens (tertiary/aromatic N) is 1. The number of likely N-dealkylation sites (tertiary alicyclic amines) is 1. The summed E-state index contributed by atoms with van der Waals surface area (Å²) in [5.74, 6) is 0.198. The molecule has 2 saturated heterocycles. The van der Waals surface area contributed by atoms with Gasteiger partial charge in [-0.05, 0) is 49.9 Å². The van der Waals surface area contributed by atoms with Crippen LogP contribution in [0.2, 0.25) is 10.0 Å². The Morgan fingerprint density at radius 1 is 1.29 bits per heavy atom. The van der Waals surface area contributed by atoms with E-state index in [4.69, 9.17) is 27.9 Å². The summed E-state index contributed by atoms with van der Waals surface area (Å²) in [6.07, 6.45) is 4.32. The predicted octanol–water partition coefficient (Wildman–Crippen LogP) is 3.50. The van der Waals surface area contributed by atoms with Gasteiger partial charge < -0.3 is 10.1 Å². The summed E-state index contributed by atoms with van der Waals surface area (Å²) in [7, 11) is 0. The molecule has 1 amide bonds. The number of ether oxygens (including phenoxy) is 1. The van der Waals surface area contributed by atoms with Crippen LogP contribution >= 0.6 is 23.2 Å². The van der Waals surface area contributed by atoms with Gasteiger partial charge in [-0.15, -0.1) is 0 Å². The Morgan fingerprint density at radius 2 is 2.17 bits per heavy atom. The fraction of sp³-hybridized carbons (Fsp3) is 0.611. The van der Waals surface area contributed by atoms with E-state index in [2.05, 4.69) is 10.2 Å². The number of benzene rings is 1. The molecule has 0 aliphatic carbocycles. The van der Waals surface area contributed by atoms with Gasteiger partial charge in [-0.2, -0.15) is 0 Å². The highest BCUT2D eigenvalue weighted by Crippen LogP contribution is 2.25. The average Bonchev–Trinajstić information content (AvgIpc) is 3.09. The molecule has 0 spiro atoms. The summed E-state index contributed by atoms with van der Waals surface area (Å²) in [6, 6.07) is 5.60. The first-order valence-electron chi connectivity index (χ1n) is 8.67. The SMILES string of the molecule is O=C(NC[C@@H]1CCCO1)[C@@H]1CCCN(Cc2ccc(Cl)cc2Cl)C1. The number of nitrogens with one attached hydrogen (secondary N) is 1. The molecular weight excluding hydrogens is 347 g/mol. The number of halogens is 2. The molecule has 2 aliphatic heterocycles. The van der Waals surface area contributed by atoms with E-state index in [0.29, 0.717) is 16.6 Å². The maximum Gasteiger partial charge on any atom is 0.224 e. The molecule has 2 heterocycles. The molecule has 0 bridgehead atoms. The van der Waals surface area contributed by atoms with E-state index < -0.39 is 0 Å². The summed E-state index contributed by atoms with van der Waals surface area (Å²) in [5, 5.41) is 4.40. The number of carbonyl (C=O) groups is 1. The van der Waals surface area contributed by atoms with Crippen molar-refractivity contribution in [2.45, 2.75) is 38.3 Å². The number of rotatable bonds is 5. The summed E-state index contributed by atoms with van der Waals surface area (Å²) < 4.78 is 5.56. The molecule has 2 fully saturated rings. The lowest BCUT2D eigenvalue weighted by Crippen LogP contribution is -2.44. The summed E-state index contributed by atoms with van der Waals surface area (Å²) in [5.41, 5.74) is 1.06. The molecule has 4 nitrogen and oxygen atoms in total. The lowest BCUT2D eigenvalue weighted by atomic mass is 9.96. The van der Waals surface area contributed by atoms with Gasteiger partial charge in [0.1, 0.15) is 0 Å². The van der Waals surface area contributed by atoms with Crippen molar-refractivity contribution in [3.63, 3.8) is 0 Å². The van der Waals surface area contributed by atoms with Gasteiger partial charge in [-0.1, -0.05) is 29.3 Å². The first kappa shape index (κ1) is 18.0. The Balaban J connectivity index is 1.50. The largest absolute Gasteiger partial charge is 0.376 e. The molecule has 1 aromatic rings. The van der Waals surface area contributed by atoms with Crippen molar-refractivity contribution >= 4 is 29.1 Å². The molecule has 0 unspecified atom stereocenters. The lowest BCUT2D eigenvalue weighted by molar-refractivity contribution is -0.127. The first-order chi connectivity index (χ1) is 11.6. The Morgan fingerprint density at radius 3 is 2.92 bits per heavy atom. The Kier molecular flexibility index (Phi) is 6.39. The minimum atomic E-state index is 0.0474. The molecule has 2 aliphatic rings. The highest BCUT2D eigenvalue weighted by Gasteiger charge is 2.27. The second kappa shape index (κ2) is 8.52. The standard InChI is InChI=1S/C18H24Cl2N2O2/c19-15-6-5-13(17(20)9-15)11-22-7-1-3-14(12-22)18(23)21-10-16-4-2-8-24-16/h5-6,9,14,16H,1-4,7-8,10-12H2,(H,21,23)/t14-,16+/m1/s1. The van der Waals surface area contributed by atoms with E-state index in [1.54, 1.807) is 6.07 Å². The lowest BCUT2D eigenvalue weighted by Gasteiger charge is -2.32. The van der Waals surface area contributed by atoms with Crippen molar-refractivity contribution in [1.29, 1.82) is 0 Å². The zero-order chi connectivity index (χ0) is 16.9. The molecule has 24 heavy (non-hydrogen) atoms. The van der Waals surface area contributed by atoms with E-state index in [1.807, 2.05) is 12.1 Å². The fourth-order valence-electron chi connectivity index (χ4n) is 3.47. The molecule has 3 rings (SSSR count). The van der Waals surface area contributed by atoms with Gasteiger partial charge >= 0.3 is 0 Å². The van der Waals surface area contributed by atoms with Crippen LogP contribution in [0.1, 0.15) is 31.2 Å². The Bertz CT molecular complexity index is 576. The normalized spacial score (nSPS) is 24.9. The van der Waals surface area contributed by atoms with Crippen LogP contribution in [0.3, 0.4) is 0 Å². The first-order valence-corrected chi connectivity index (χ1v) is 9.43. The van der Waals surface area contributed by atoms with Crippen LogP contribution in [0.15, 0.2) is 18.2 Å². The van der Waals surface area contributed by atoms with Gasteiger partial charge in [0.05, 0.1) is 12.0 Å². The zero-order valence-corrected chi connectivity index (χ0v) is 15.3. The molecule has 1 N–H and O–H groups in total. The zero-order valence-electron chi connectivity index (χ0n) is 13.8. The quantitative estimate of drug-likeness (QED) is 0.862. The van der Waals surface area contributed by atoms with Crippen LogP contribution in [0, 0.1) is 5.92 Å². The summed E-state index contributed by atoms with van der Waals surface area (Å²) in [4.78, 5) is 14.7. The molecule has 6 heteroatoms.